The van der Waals surface area contributed by atoms with Crippen molar-refractivity contribution in [2.45, 2.75) is 63.7 Å². The minimum atomic E-state index is -1.86. The summed E-state index contributed by atoms with van der Waals surface area (Å²) < 4.78 is 10.1. The van der Waals surface area contributed by atoms with Gasteiger partial charge in [0.05, 0.1) is 22.4 Å². The first-order valence-corrected chi connectivity index (χ1v) is 27.7. The maximum Gasteiger partial charge on any atom is 0 e. The Morgan fingerprint density at radius 3 is 2.15 bits per heavy atom. The fourth-order valence-corrected chi connectivity index (χ4v) is 11.1. The van der Waals surface area contributed by atoms with Crippen molar-refractivity contribution >= 4 is 50.6 Å². The summed E-state index contributed by atoms with van der Waals surface area (Å²) in [6, 6.07) is 55.3. The summed E-state index contributed by atoms with van der Waals surface area (Å²) in [4.78, 5) is 9.82. The predicted octanol–water partition coefficient (Wildman–Crippen LogP) is 13.6. The van der Waals surface area contributed by atoms with Crippen molar-refractivity contribution in [3.63, 3.8) is 0 Å². The van der Waals surface area contributed by atoms with E-state index < -0.39 is 13.3 Å². The van der Waals surface area contributed by atoms with Crippen molar-refractivity contribution in [3.8, 4) is 39.5 Å². The minimum absolute atomic E-state index is 0. The Morgan fingerprint density at radius 2 is 1.46 bits per heavy atom. The largest absolute Gasteiger partial charge is 0 e. The van der Waals surface area contributed by atoms with E-state index >= 15 is 0 Å². The molecule has 3 aromatic heterocycles. The summed E-state index contributed by atoms with van der Waals surface area (Å²) >= 11 is -1.86. The van der Waals surface area contributed by atoms with Gasteiger partial charge in [0.15, 0.2) is 0 Å². The zero-order valence-corrected chi connectivity index (χ0v) is 39.7. The van der Waals surface area contributed by atoms with Crippen molar-refractivity contribution in [1.82, 2.24) is 14.5 Å². The van der Waals surface area contributed by atoms with Crippen LogP contribution < -0.4 is 4.40 Å². The molecule has 0 aliphatic heterocycles. The van der Waals surface area contributed by atoms with Crippen LogP contribution in [0.2, 0.25) is 17.3 Å². The van der Waals surface area contributed by atoms with Crippen molar-refractivity contribution in [2.24, 2.45) is 5.92 Å². The van der Waals surface area contributed by atoms with Crippen LogP contribution in [0.1, 0.15) is 45.7 Å². The number of pyridine rings is 1. The van der Waals surface area contributed by atoms with Crippen molar-refractivity contribution in [3.05, 3.63) is 169 Å². The van der Waals surface area contributed by atoms with Crippen LogP contribution in [-0.2, 0) is 31.9 Å². The number of aromatic nitrogens is 3. The molecule has 9 rings (SSSR count). The number of imidazole rings is 1. The third kappa shape index (κ3) is 8.94. The fourth-order valence-electron chi connectivity index (χ4n) is 7.80. The van der Waals surface area contributed by atoms with Gasteiger partial charge in [-0.25, -0.2) is 0 Å². The molecule has 0 saturated heterocycles. The first-order chi connectivity index (χ1) is 27.8. The molecule has 59 heavy (non-hydrogen) atoms. The molecule has 0 bridgehead atoms. The molecule has 0 spiro atoms. The first kappa shape index (κ1) is 42.1. The van der Waals surface area contributed by atoms with E-state index in [1.165, 1.54) is 11.1 Å². The van der Waals surface area contributed by atoms with E-state index in [0.717, 1.165) is 78.9 Å². The number of furan rings is 1. The molecule has 9 aromatic rings. The van der Waals surface area contributed by atoms with Crippen LogP contribution in [0.4, 0.5) is 0 Å². The van der Waals surface area contributed by atoms with E-state index in [1.807, 2.05) is 42.5 Å². The van der Waals surface area contributed by atoms with Crippen LogP contribution in [0.15, 0.2) is 150 Å². The monoisotopic (exact) mass is 1010 g/mol. The second-order valence-corrected chi connectivity index (χ2v) is 28.2. The molecular weight excluding hydrogens is 959 g/mol. The van der Waals surface area contributed by atoms with Gasteiger partial charge in [-0.3, -0.25) is 4.98 Å². The molecule has 0 saturated carbocycles. The third-order valence-electron chi connectivity index (χ3n) is 10.7. The van der Waals surface area contributed by atoms with Crippen LogP contribution in [0.3, 0.4) is 0 Å². The molecule has 0 fully saturated rings. The summed E-state index contributed by atoms with van der Waals surface area (Å²) in [7, 11) is 0. The van der Waals surface area contributed by atoms with Gasteiger partial charge in [-0.05, 0) is 57.6 Å². The number of nitrogens with zero attached hydrogens (tertiary/aromatic N) is 3. The second kappa shape index (κ2) is 17.3. The Labute approximate surface area is 365 Å². The predicted molar refractivity (Wildman–Crippen MR) is 247 cm³/mol. The molecule has 299 valence electrons. The zero-order chi connectivity index (χ0) is 40.6. The topological polar surface area (TPSA) is 43.9 Å². The summed E-state index contributed by atoms with van der Waals surface area (Å²) in [6.45, 7) is 11.3. The van der Waals surface area contributed by atoms with E-state index in [9.17, 15) is 0 Å². The average molecular weight is 1010 g/mol. The van der Waals surface area contributed by atoms with Gasteiger partial charge in [-0.2, -0.15) is 0 Å². The normalized spacial score (nSPS) is 11.8. The number of hydrogen-bond donors (Lipinski definition) is 0. The van der Waals surface area contributed by atoms with Crippen LogP contribution >= 0.6 is 0 Å². The Morgan fingerprint density at radius 1 is 0.763 bits per heavy atom. The molecule has 6 aromatic carbocycles. The van der Waals surface area contributed by atoms with E-state index in [0.29, 0.717) is 5.92 Å². The molecule has 4 nitrogen and oxygen atoms in total. The van der Waals surface area contributed by atoms with Gasteiger partial charge in [-0.15, -0.1) is 11.6 Å². The Bertz CT molecular complexity index is 2840. The van der Waals surface area contributed by atoms with E-state index in [1.54, 1.807) is 4.40 Å². The van der Waals surface area contributed by atoms with Crippen molar-refractivity contribution < 1.29 is 24.5 Å². The van der Waals surface area contributed by atoms with Gasteiger partial charge in [0, 0.05) is 25.8 Å². The maximum absolute atomic E-state index is 6.36. The molecular formula is C53H51GeIrN3O-2. The van der Waals surface area contributed by atoms with Crippen LogP contribution in [0.25, 0.3) is 72.4 Å². The summed E-state index contributed by atoms with van der Waals surface area (Å²) in [6.07, 6.45) is 3.27. The number of fused-ring (bicyclic) bond motifs is 4. The quantitative estimate of drug-likeness (QED) is 0.118. The molecule has 0 atom stereocenters. The van der Waals surface area contributed by atoms with Gasteiger partial charge in [0.1, 0.15) is 5.58 Å². The van der Waals surface area contributed by atoms with Crippen LogP contribution in [0.5, 0.6) is 0 Å². The number of para-hydroxylation sites is 3. The van der Waals surface area contributed by atoms with Gasteiger partial charge in [-0.1, -0.05) is 105 Å². The molecule has 0 aliphatic rings. The van der Waals surface area contributed by atoms with E-state index in [4.69, 9.17) is 14.4 Å². The van der Waals surface area contributed by atoms with Gasteiger partial charge in [0.2, 0.25) is 0 Å². The zero-order valence-electron chi connectivity index (χ0n) is 35.2. The standard InChI is InChI=1S/C35H27N2O.C18H24GeN.Ir/c1-35(2,3)25-17-19-26(20-18-25)37-30-15-9-8-14-29(30)36-34(37)24-21-28(23-11-5-4-6-12-23)33-27-13-7-10-16-31(27)38-32(33)22-24;1-14(2)11-16-12-18(15-9-7-6-8-10-15)20-13-17(16)19(3,4)5;/h4-21H,1-3H3;6-9,12-14H,11H2,1-5H3;/q2*-1;. The van der Waals surface area contributed by atoms with Crippen molar-refractivity contribution in [1.29, 1.82) is 0 Å². The number of hydrogen-bond acceptors (Lipinski definition) is 3. The SMILES string of the molecule is CC(C)(C)c1ccc(-n2c(-c3[c-]c4oc5ccccc5c4c(-c4ccccc4)c3)nc3ccccc32)cc1.CC(C)Cc1cc(-c2[c-]cccc2)nc[c]1[Ge]([CH3])([CH3])[CH3].[Ir]. The molecule has 0 aliphatic carbocycles. The first-order valence-electron chi connectivity index (χ1n) is 20.3. The molecule has 6 heteroatoms. The number of benzene rings is 6. The van der Waals surface area contributed by atoms with Crippen LogP contribution in [-0.4, -0.2) is 27.8 Å². The Kier molecular flexibility index (Phi) is 12.3. The van der Waals surface area contributed by atoms with Crippen molar-refractivity contribution in [2.75, 3.05) is 0 Å². The molecule has 0 unspecified atom stereocenters. The molecule has 0 N–H and O–H groups in total. The maximum atomic E-state index is 6.36. The smallest absolute Gasteiger partial charge is 0 e. The number of rotatable bonds is 7. The molecule has 0 amide bonds. The summed E-state index contributed by atoms with van der Waals surface area (Å²) in [5.41, 5.74) is 12.8. The van der Waals surface area contributed by atoms with Crippen LogP contribution in [0, 0.1) is 18.1 Å². The van der Waals surface area contributed by atoms with Gasteiger partial charge in [0.25, 0.3) is 0 Å². The fraction of sp³-hybridized carbons (Fsp3) is 0.208. The van der Waals surface area contributed by atoms with E-state index in [2.05, 4.69) is 172 Å². The second-order valence-electron chi connectivity index (χ2n) is 17.7. The summed E-state index contributed by atoms with van der Waals surface area (Å²) in [5, 5.41) is 2.17. The van der Waals surface area contributed by atoms with E-state index in [-0.39, 0.29) is 25.5 Å². The Hall–Kier alpha value is -5.07. The Balaban J connectivity index is 0.000000214. The summed E-state index contributed by atoms with van der Waals surface area (Å²) in [5.74, 6) is 8.84. The molecule has 3 heterocycles. The third-order valence-corrected chi connectivity index (χ3v) is 15.0. The minimum Gasteiger partial charge on any atom is 0 e. The molecule has 1 radical (unpaired) electrons. The van der Waals surface area contributed by atoms with Gasteiger partial charge >= 0.3 is 126 Å². The van der Waals surface area contributed by atoms with Gasteiger partial charge < -0.3 is 8.98 Å². The average Bonchev–Trinajstić information content (AvgIpc) is 3.79.